The lowest BCUT2D eigenvalue weighted by molar-refractivity contribution is 0.669. The highest BCUT2D eigenvalue weighted by Gasteiger charge is 2.20. The smallest absolute Gasteiger partial charge is 0.167 e. The molecule has 0 bridgehead atoms. The fraction of sp³-hybridized carbons (Fsp3) is 0. The summed E-state index contributed by atoms with van der Waals surface area (Å²) in [5.41, 5.74) is 9.06. The molecule has 0 fully saturated rings. The molecule has 10 aromatic rings. The summed E-state index contributed by atoms with van der Waals surface area (Å²) in [6, 6.07) is 56.8. The van der Waals surface area contributed by atoms with Gasteiger partial charge in [0.25, 0.3) is 0 Å². The molecule has 5 heteroatoms. The summed E-state index contributed by atoms with van der Waals surface area (Å²) < 4.78 is 9.31. The molecule has 7 aromatic carbocycles. The number of furan rings is 1. The molecule has 0 saturated carbocycles. The quantitative estimate of drug-likeness (QED) is 0.185. The molecule has 0 atom stereocenters. The van der Waals surface area contributed by atoms with Crippen LogP contribution >= 0.6 is 11.3 Å². The van der Waals surface area contributed by atoms with Gasteiger partial charge in [-0.3, -0.25) is 0 Å². The van der Waals surface area contributed by atoms with Crippen LogP contribution in [0.3, 0.4) is 0 Å². The van der Waals surface area contributed by atoms with Crippen molar-refractivity contribution in [3.8, 4) is 56.4 Å². The highest BCUT2D eigenvalue weighted by Crippen LogP contribution is 2.46. The van der Waals surface area contributed by atoms with Crippen molar-refractivity contribution in [2.75, 3.05) is 0 Å². The molecule has 0 radical (unpaired) electrons. The standard InChI is InChI=1S/C45H27N3OS/c1-4-13-28(14-5-1)32-25-26-33(42-40(32)36-19-10-11-22-39(36)50-42)31-23-24-34-35-20-12-21-37(41(35)49-38(34)27-31)45-47-43(29-15-6-2-7-16-29)46-44(48-45)30-17-8-3-9-18-30/h1-27H. The van der Waals surface area contributed by atoms with Crippen LogP contribution in [-0.4, -0.2) is 15.0 Å². The molecule has 0 aliphatic rings. The summed E-state index contributed by atoms with van der Waals surface area (Å²) in [5.74, 6) is 1.82. The third-order valence-electron chi connectivity index (χ3n) is 9.36. The molecule has 0 amide bonds. The molecule has 10 rings (SSSR count). The lowest BCUT2D eigenvalue weighted by Crippen LogP contribution is -2.00. The van der Waals surface area contributed by atoms with Crippen LogP contribution in [0.1, 0.15) is 0 Å². The summed E-state index contributed by atoms with van der Waals surface area (Å²) in [6.45, 7) is 0. The molecule has 0 aliphatic carbocycles. The van der Waals surface area contributed by atoms with Crippen LogP contribution in [-0.2, 0) is 0 Å². The first kappa shape index (κ1) is 28.6. The number of aromatic nitrogens is 3. The largest absolute Gasteiger partial charge is 0.455 e. The van der Waals surface area contributed by atoms with Crippen molar-refractivity contribution in [3.63, 3.8) is 0 Å². The molecule has 4 nitrogen and oxygen atoms in total. The van der Waals surface area contributed by atoms with Crippen LogP contribution in [0.25, 0.3) is 98.5 Å². The Hall–Kier alpha value is -6.43. The van der Waals surface area contributed by atoms with E-state index in [1.54, 1.807) is 0 Å². The number of fused-ring (bicyclic) bond motifs is 6. The molecule has 3 heterocycles. The number of para-hydroxylation sites is 1. The zero-order chi connectivity index (χ0) is 33.0. The van der Waals surface area contributed by atoms with Crippen LogP contribution in [0.4, 0.5) is 0 Å². The second-order valence-corrected chi connectivity index (χ2v) is 13.4. The monoisotopic (exact) mass is 657 g/mol. The Labute approximate surface area is 292 Å². The minimum atomic E-state index is 0.575. The third kappa shape index (κ3) is 4.71. The maximum absolute atomic E-state index is 6.76. The third-order valence-corrected chi connectivity index (χ3v) is 10.6. The van der Waals surface area contributed by atoms with Crippen molar-refractivity contribution >= 4 is 53.4 Å². The lowest BCUT2D eigenvalue weighted by atomic mass is 9.94. The maximum Gasteiger partial charge on any atom is 0.167 e. The van der Waals surface area contributed by atoms with Crippen LogP contribution < -0.4 is 0 Å². The van der Waals surface area contributed by atoms with E-state index in [0.717, 1.165) is 44.2 Å². The summed E-state index contributed by atoms with van der Waals surface area (Å²) in [4.78, 5) is 14.9. The van der Waals surface area contributed by atoms with Gasteiger partial charge in [-0.25, -0.2) is 15.0 Å². The van der Waals surface area contributed by atoms with Gasteiger partial charge in [0.05, 0.1) is 5.56 Å². The Kier molecular flexibility index (Phi) is 6.64. The summed E-state index contributed by atoms with van der Waals surface area (Å²) in [5, 5.41) is 4.66. The van der Waals surface area contributed by atoms with Gasteiger partial charge in [-0.05, 0) is 46.5 Å². The Morgan fingerprint density at radius 1 is 0.400 bits per heavy atom. The van der Waals surface area contributed by atoms with Crippen LogP contribution in [0.5, 0.6) is 0 Å². The van der Waals surface area contributed by atoms with E-state index in [-0.39, 0.29) is 0 Å². The van der Waals surface area contributed by atoms with Gasteiger partial charge in [0.1, 0.15) is 11.2 Å². The molecule has 0 unspecified atom stereocenters. The van der Waals surface area contributed by atoms with Gasteiger partial charge >= 0.3 is 0 Å². The second kappa shape index (κ2) is 11.6. The maximum atomic E-state index is 6.76. The van der Waals surface area contributed by atoms with E-state index in [0.29, 0.717) is 17.5 Å². The minimum Gasteiger partial charge on any atom is -0.455 e. The molecule has 0 aliphatic heterocycles. The number of rotatable bonds is 5. The van der Waals surface area contributed by atoms with Gasteiger partial charge in [-0.2, -0.15) is 0 Å². The van der Waals surface area contributed by atoms with Gasteiger partial charge in [-0.1, -0.05) is 140 Å². The Bertz CT molecular complexity index is 2800. The van der Waals surface area contributed by atoms with Gasteiger partial charge in [-0.15, -0.1) is 11.3 Å². The second-order valence-electron chi connectivity index (χ2n) is 12.4. The normalized spacial score (nSPS) is 11.6. The van der Waals surface area contributed by atoms with E-state index in [4.69, 9.17) is 19.4 Å². The van der Waals surface area contributed by atoms with Crippen LogP contribution in [0.2, 0.25) is 0 Å². The highest BCUT2D eigenvalue weighted by atomic mass is 32.1. The van der Waals surface area contributed by atoms with Crippen molar-refractivity contribution in [3.05, 3.63) is 164 Å². The molecule has 0 saturated heterocycles. The van der Waals surface area contributed by atoms with Crippen molar-refractivity contribution in [1.82, 2.24) is 15.0 Å². The predicted molar refractivity (Wildman–Crippen MR) is 207 cm³/mol. The topological polar surface area (TPSA) is 51.8 Å². The number of hydrogen-bond donors (Lipinski definition) is 0. The zero-order valence-electron chi connectivity index (χ0n) is 26.7. The van der Waals surface area contributed by atoms with E-state index in [9.17, 15) is 0 Å². The first-order valence-corrected chi connectivity index (χ1v) is 17.4. The van der Waals surface area contributed by atoms with Crippen molar-refractivity contribution < 1.29 is 4.42 Å². The highest BCUT2D eigenvalue weighted by molar-refractivity contribution is 7.26. The fourth-order valence-corrected chi connectivity index (χ4v) is 8.25. The number of hydrogen-bond acceptors (Lipinski definition) is 5. The van der Waals surface area contributed by atoms with Crippen LogP contribution in [0.15, 0.2) is 168 Å². The Morgan fingerprint density at radius 2 is 1.00 bits per heavy atom. The summed E-state index contributed by atoms with van der Waals surface area (Å²) in [6.07, 6.45) is 0. The molecule has 234 valence electrons. The van der Waals surface area contributed by atoms with Gasteiger partial charge in [0.15, 0.2) is 17.5 Å². The zero-order valence-corrected chi connectivity index (χ0v) is 27.6. The lowest BCUT2D eigenvalue weighted by Gasteiger charge is -2.09. The molecule has 3 aromatic heterocycles. The van der Waals surface area contributed by atoms with Gasteiger partial charge in [0, 0.05) is 42.1 Å². The van der Waals surface area contributed by atoms with Gasteiger partial charge < -0.3 is 4.42 Å². The number of nitrogens with zero attached hydrogens (tertiary/aromatic N) is 3. The molecular formula is C45H27N3OS. The Balaban J connectivity index is 1.15. The van der Waals surface area contributed by atoms with E-state index in [2.05, 4.69) is 97.1 Å². The first-order chi connectivity index (χ1) is 24.8. The van der Waals surface area contributed by atoms with E-state index >= 15 is 0 Å². The van der Waals surface area contributed by atoms with Crippen LogP contribution in [0, 0.1) is 0 Å². The van der Waals surface area contributed by atoms with Crippen molar-refractivity contribution in [2.24, 2.45) is 0 Å². The SMILES string of the molecule is c1ccc(-c2nc(-c3ccccc3)nc(-c3cccc4c3oc3cc(-c5ccc(-c6ccccc6)c6c5sc5ccccc56)ccc34)n2)cc1. The minimum absolute atomic E-state index is 0.575. The van der Waals surface area contributed by atoms with E-state index in [1.165, 1.54) is 36.9 Å². The fourth-order valence-electron chi connectivity index (χ4n) is 6.98. The summed E-state index contributed by atoms with van der Waals surface area (Å²) in [7, 11) is 0. The molecule has 0 N–H and O–H groups in total. The average Bonchev–Trinajstić information content (AvgIpc) is 3.77. The molecular weight excluding hydrogens is 631 g/mol. The van der Waals surface area contributed by atoms with Gasteiger partial charge in [0.2, 0.25) is 0 Å². The number of thiophene rings is 1. The summed E-state index contributed by atoms with van der Waals surface area (Å²) >= 11 is 1.85. The van der Waals surface area contributed by atoms with Crippen molar-refractivity contribution in [1.29, 1.82) is 0 Å². The average molecular weight is 658 g/mol. The number of benzene rings is 7. The first-order valence-electron chi connectivity index (χ1n) is 16.6. The van der Waals surface area contributed by atoms with Crippen molar-refractivity contribution in [2.45, 2.75) is 0 Å². The van der Waals surface area contributed by atoms with E-state index in [1.807, 2.05) is 78.1 Å². The predicted octanol–water partition coefficient (Wildman–Crippen LogP) is 12.5. The van der Waals surface area contributed by atoms with E-state index < -0.39 is 0 Å². The molecule has 0 spiro atoms. The molecule has 50 heavy (non-hydrogen) atoms. The Morgan fingerprint density at radius 3 is 1.72 bits per heavy atom.